The molecule has 12 heavy (non-hydrogen) atoms. The molecule has 0 atom stereocenters. The van der Waals surface area contributed by atoms with Gasteiger partial charge in [-0.15, -0.1) is 0 Å². The highest BCUT2D eigenvalue weighted by molar-refractivity contribution is 6.79. The summed E-state index contributed by atoms with van der Waals surface area (Å²) in [7, 11) is -1.07. The molecule has 0 unspecified atom stereocenters. The van der Waals surface area contributed by atoms with Gasteiger partial charge >= 0.3 is 0 Å². The predicted octanol–water partition coefficient (Wildman–Crippen LogP) is 3.23. The van der Waals surface area contributed by atoms with Crippen molar-refractivity contribution in [3.63, 3.8) is 0 Å². The van der Waals surface area contributed by atoms with Crippen LogP contribution < -0.4 is 5.73 Å². The fourth-order valence-corrected chi connectivity index (χ4v) is 2.39. The minimum atomic E-state index is -1.07. The number of rotatable bonds is 3. The molecule has 0 amide bonds. The van der Waals surface area contributed by atoms with Crippen molar-refractivity contribution < 1.29 is 0 Å². The molecule has 74 valence electrons. The Morgan fingerprint density at radius 3 is 1.42 bits per heavy atom. The topological polar surface area (TPSA) is 26.0 Å². The van der Waals surface area contributed by atoms with Gasteiger partial charge < -0.3 is 5.73 Å². The highest BCUT2D eigenvalue weighted by Gasteiger charge is 2.37. The van der Waals surface area contributed by atoms with Gasteiger partial charge in [-0.3, -0.25) is 0 Å². The molecule has 0 aromatic carbocycles. The van der Waals surface area contributed by atoms with Crippen molar-refractivity contribution >= 4 is 8.07 Å². The largest absolute Gasteiger partial charge is 0.326 e. The first-order valence-electron chi connectivity index (χ1n) is 4.75. The van der Waals surface area contributed by atoms with Gasteiger partial charge in [-0.1, -0.05) is 33.5 Å². The fourth-order valence-electron chi connectivity index (χ4n) is 1.40. The molecule has 0 saturated heterocycles. The maximum Gasteiger partial charge on any atom is 0.0500 e. The molecule has 1 nitrogen and oxygen atoms in total. The molecule has 0 aromatic rings. The smallest absolute Gasteiger partial charge is 0.0500 e. The second-order valence-corrected chi connectivity index (χ2v) is 12.2. The third-order valence-electron chi connectivity index (χ3n) is 2.93. The molecule has 2 heteroatoms. The van der Waals surface area contributed by atoms with E-state index >= 15 is 0 Å². The molecule has 0 aliphatic rings. The normalized spacial score (nSPS) is 15.0. The Morgan fingerprint density at radius 2 is 1.33 bits per heavy atom. The van der Waals surface area contributed by atoms with E-state index in [9.17, 15) is 0 Å². The molecule has 0 aromatic heterocycles. The van der Waals surface area contributed by atoms with Gasteiger partial charge in [-0.2, -0.15) is 0 Å². The molecule has 0 bridgehead atoms. The van der Waals surface area contributed by atoms with Crippen LogP contribution in [-0.2, 0) is 0 Å². The van der Waals surface area contributed by atoms with Gasteiger partial charge in [0.25, 0.3) is 0 Å². The highest BCUT2D eigenvalue weighted by Crippen LogP contribution is 2.42. The van der Waals surface area contributed by atoms with Gasteiger partial charge in [-0.25, -0.2) is 0 Å². The Balaban J connectivity index is 4.44. The Hall–Kier alpha value is 0.177. The average Bonchev–Trinajstić information content (AvgIpc) is 1.52. The van der Waals surface area contributed by atoms with Crippen LogP contribution in [0, 0.1) is 0 Å². The van der Waals surface area contributed by atoms with Gasteiger partial charge in [0.05, 0.1) is 0 Å². The van der Waals surface area contributed by atoms with Crippen molar-refractivity contribution in [1.29, 1.82) is 0 Å². The molecule has 0 aliphatic carbocycles. The van der Waals surface area contributed by atoms with Gasteiger partial charge in [0, 0.05) is 13.6 Å². The minimum absolute atomic E-state index is 0.0240. The van der Waals surface area contributed by atoms with Crippen LogP contribution in [0.1, 0.15) is 34.1 Å². The monoisotopic (exact) mass is 187 g/mol. The van der Waals surface area contributed by atoms with Crippen LogP contribution in [0.3, 0.4) is 0 Å². The minimum Gasteiger partial charge on any atom is -0.326 e. The van der Waals surface area contributed by atoms with Crippen LogP contribution in [0.5, 0.6) is 0 Å². The fraction of sp³-hybridized carbons (Fsp3) is 1.00. The summed E-state index contributed by atoms with van der Waals surface area (Å²) in [6.07, 6.45) is 1.12. The van der Waals surface area contributed by atoms with Crippen molar-refractivity contribution in [2.24, 2.45) is 5.73 Å². The molecular formula is C10H25NSi. The Labute approximate surface area is 78.7 Å². The van der Waals surface area contributed by atoms with E-state index in [4.69, 9.17) is 5.73 Å². The van der Waals surface area contributed by atoms with Crippen molar-refractivity contribution in [3.8, 4) is 0 Å². The van der Waals surface area contributed by atoms with Gasteiger partial charge in [0.2, 0.25) is 0 Å². The van der Waals surface area contributed by atoms with E-state index in [1.54, 1.807) is 0 Å². The van der Waals surface area contributed by atoms with Crippen molar-refractivity contribution in [2.75, 3.05) is 0 Å². The first kappa shape index (κ1) is 12.2. The van der Waals surface area contributed by atoms with Crippen molar-refractivity contribution in [3.05, 3.63) is 0 Å². The Morgan fingerprint density at radius 1 is 1.00 bits per heavy atom. The molecule has 2 N–H and O–H groups in total. The first-order chi connectivity index (χ1) is 4.96. The van der Waals surface area contributed by atoms with Crippen molar-refractivity contribution in [2.45, 2.75) is 64.3 Å². The summed E-state index contributed by atoms with van der Waals surface area (Å²) < 4.78 is 0. The van der Waals surface area contributed by atoms with Crippen LogP contribution >= 0.6 is 0 Å². The zero-order chi connectivity index (χ0) is 10.2. The average molecular weight is 187 g/mol. The summed E-state index contributed by atoms with van der Waals surface area (Å²) in [5.41, 5.74) is 6.02. The molecular weight excluding hydrogens is 162 g/mol. The van der Waals surface area contributed by atoms with E-state index in [0.717, 1.165) is 6.42 Å². The molecule has 0 saturated carbocycles. The molecule has 0 rings (SSSR count). The molecule has 0 fully saturated rings. The second-order valence-electron chi connectivity index (χ2n) is 6.30. The van der Waals surface area contributed by atoms with E-state index in [1.165, 1.54) is 0 Å². The first-order valence-corrected chi connectivity index (χ1v) is 8.25. The number of hydrogen-bond acceptors (Lipinski definition) is 1. The summed E-state index contributed by atoms with van der Waals surface area (Å²) in [5.74, 6) is 0. The summed E-state index contributed by atoms with van der Waals surface area (Å²) in [6, 6.07) is 0. The quantitative estimate of drug-likeness (QED) is 0.675. The van der Waals surface area contributed by atoms with Crippen LogP contribution in [0.4, 0.5) is 0 Å². The molecule has 0 aliphatic heterocycles. The lowest BCUT2D eigenvalue weighted by Gasteiger charge is -2.41. The Bertz CT molecular complexity index is 148. The van der Waals surface area contributed by atoms with Gasteiger partial charge in [-0.05, 0) is 25.3 Å². The number of nitrogens with two attached hydrogens (primary N) is 1. The molecule has 0 heterocycles. The lowest BCUT2D eigenvalue weighted by molar-refractivity contribution is 0.402. The van der Waals surface area contributed by atoms with Crippen LogP contribution in [0.25, 0.3) is 0 Å². The van der Waals surface area contributed by atoms with E-state index in [0.29, 0.717) is 5.04 Å². The van der Waals surface area contributed by atoms with Crippen LogP contribution in [-0.4, -0.2) is 13.6 Å². The maximum atomic E-state index is 6.04. The number of hydrogen-bond donors (Lipinski definition) is 1. The van der Waals surface area contributed by atoms with Gasteiger partial charge in [0.15, 0.2) is 0 Å². The standard InChI is InChI=1S/C10H25NSi/c1-9(2,11)8-10(3,4)12(5,6)7/h8,11H2,1-7H3. The van der Waals surface area contributed by atoms with Gasteiger partial charge in [0.1, 0.15) is 0 Å². The summed E-state index contributed by atoms with van der Waals surface area (Å²) >= 11 is 0. The summed E-state index contributed by atoms with van der Waals surface area (Å²) in [5, 5.41) is 0.436. The van der Waals surface area contributed by atoms with E-state index in [-0.39, 0.29) is 5.54 Å². The maximum absolute atomic E-state index is 6.04. The lowest BCUT2D eigenvalue weighted by Crippen LogP contribution is -2.44. The third kappa shape index (κ3) is 3.72. The van der Waals surface area contributed by atoms with E-state index < -0.39 is 8.07 Å². The molecule has 0 spiro atoms. The zero-order valence-electron chi connectivity index (χ0n) is 9.78. The predicted molar refractivity (Wildman–Crippen MR) is 60.3 cm³/mol. The second kappa shape index (κ2) is 3.15. The third-order valence-corrected chi connectivity index (χ3v) is 7.17. The summed E-state index contributed by atoms with van der Waals surface area (Å²) in [4.78, 5) is 0. The summed E-state index contributed by atoms with van der Waals surface area (Å²) in [6.45, 7) is 16.2. The molecule has 0 radical (unpaired) electrons. The lowest BCUT2D eigenvalue weighted by atomic mass is 9.93. The van der Waals surface area contributed by atoms with E-state index in [2.05, 4.69) is 47.3 Å². The van der Waals surface area contributed by atoms with Crippen LogP contribution in [0.2, 0.25) is 24.7 Å². The zero-order valence-corrected chi connectivity index (χ0v) is 10.8. The Kier molecular flexibility index (Phi) is 3.19. The van der Waals surface area contributed by atoms with Crippen molar-refractivity contribution in [1.82, 2.24) is 0 Å². The van der Waals surface area contributed by atoms with Crippen LogP contribution in [0.15, 0.2) is 0 Å². The SMILES string of the molecule is CC(C)(N)CC(C)(C)[Si](C)(C)C. The highest BCUT2D eigenvalue weighted by atomic mass is 28.3. The van der Waals surface area contributed by atoms with E-state index in [1.807, 2.05) is 0 Å².